The Morgan fingerprint density at radius 3 is 1.23 bits per heavy atom. The van der Waals surface area contributed by atoms with E-state index in [2.05, 4.69) is 158 Å². The van der Waals surface area contributed by atoms with Crippen LogP contribution in [0.5, 0.6) is 0 Å². The van der Waals surface area contributed by atoms with Gasteiger partial charge in [-0.3, -0.25) is 0 Å². The Labute approximate surface area is 232 Å². The van der Waals surface area contributed by atoms with Crippen LogP contribution >= 0.6 is 0 Å². The van der Waals surface area contributed by atoms with Crippen molar-refractivity contribution in [3.05, 3.63) is 191 Å². The van der Waals surface area contributed by atoms with Gasteiger partial charge in [0.25, 0.3) is 0 Å². The zero-order valence-electron chi connectivity index (χ0n) is 22.1. The monoisotopic (exact) mass is 500 g/mol. The maximum atomic E-state index is 2.36. The molecular weight excluding hydrogens is 468 g/mol. The van der Waals surface area contributed by atoms with E-state index in [1.807, 2.05) is 0 Å². The zero-order chi connectivity index (χ0) is 26.3. The molecule has 39 heavy (non-hydrogen) atoms. The van der Waals surface area contributed by atoms with Crippen molar-refractivity contribution in [3.63, 3.8) is 0 Å². The highest BCUT2D eigenvalue weighted by Crippen LogP contribution is 2.34. The third-order valence-corrected chi connectivity index (χ3v) is 7.52. The summed E-state index contributed by atoms with van der Waals surface area (Å²) < 4.78 is 0. The van der Waals surface area contributed by atoms with Crippen LogP contribution in [0.1, 0.15) is 33.4 Å². The van der Waals surface area contributed by atoms with Crippen molar-refractivity contribution in [3.8, 4) is 22.3 Å². The van der Waals surface area contributed by atoms with Gasteiger partial charge in [-0.1, -0.05) is 158 Å². The smallest absolute Gasteiger partial charge is 0.00167 e. The molecule has 0 spiro atoms. The number of rotatable bonds is 8. The molecule has 0 N–H and O–H groups in total. The van der Waals surface area contributed by atoms with Gasteiger partial charge in [-0.25, -0.2) is 0 Å². The van der Waals surface area contributed by atoms with Gasteiger partial charge in [0.15, 0.2) is 0 Å². The van der Waals surface area contributed by atoms with E-state index in [0.717, 1.165) is 19.3 Å². The Kier molecular flexibility index (Phi) is 7.45. The van der Waals surface area contributed by atoms with E-state index in [4.69, 9.17) is 0 Å². The van der Waals surface area contributed by atoms with Crippen molar-refractivity contribution in [1.82, 2.24) is 0 Å². The van der Waals surface area contributed by atoms with Gasteiger partial charge in [0.2, 0.25) is 0 Å². The molecule has 6 aromatic rings. The molecule has 0 saturated heterocycles. The first-order chi connectivity index (χ1) is 19.3. The van der Waals surface area contributed by atoms with Gasteiger partial charge in [0, 0.05) is 0 Å². The van der Waals surface area contributed by atoms with Gasteiger partial charge in [0.1, 0.15) is 0 Å². The lowest BCUT2D eigenvalue weighted by atomic mass is 9.84. The van der Waals surface area contributed by atoms with E-state index in [1.54, 1.807) is 0 Å². The Hall–Kier alpha value is -4.68. The molecule has 0 aliphatic carbocycles. The Morgan fingerprint density at radius 2 is 0.692 bits per heavy atom. The van der Waals surface area contributed by atoms with Gasteiger partial charge in [0.05, 0.1) is 0 Å². The molecule has 0 heterocycles. The third-order valence-electron chi connectivity index (χ3n) is 7.52. The van der Waals surface area contributed by atoms with Crippen LogP contribution in [0.25, 0.3) is 22.3 Å². The van der Waals surface area contributed by atoms with Crippen molar-refractivity contribution >= 4 is 0 Å². The van der Waals surface area contributed by atoms with Crippen molar-refractivity contribution in [2.45, 2.75) is 19.3 Å². The highest BCUT2D eigenvalue weighted by Gasteiger charge is 2.17. The van der Waals surface area contributed by atoms with Gasteiger partial charge < -0.3 is 0 Å². The Balaban J connectivity index is 1.49. The van der Waals surface area contributed by atoms with Gasteiger partial charge in [-0.15, -0.1) is 0 Å². The van der Waals surface area contributed by atoms with Crippen molar-refractivity contribution in [2.24, 2.45) is 0 Å². The molecule has 0 atom stereocenters. The molecule has 0 aliphatic heterocycles. The molecule has 0 aromatic heterocycles. The Bertz CT molecular complexity index is 1620. The highest BCUT2D eigenvalue weighted by molar-refractivity contribution is 5.74. The van der Waals surface area contributed by atoms with E-state index >= 15 is 0 Å². The first-order valence-electron chi connectivity index (χ1n) is 13.7. The van der Waals surface area contributed by atoms with E-state index in [0.29, 0.717) is 0 Å². The average Bonchev–Trinajstić information content (AvgIpc) is 3.01. The summed E-state index contributed by atoms with van der Waals surface area (Å²) in [5.41, 5.74) is 13.4. The van der Waals surface area contributed by atoms with Crippen LogP contribution < -0.4 is 0 Å². The summed E-state index contributed by atoms with van der Waals surface area (Å²) in [7, 11) is 0. The van der Waals surface area contributed by atoms with Crippen LogP contribution in [0.2, 0.25) is 0 Å². The lowest BCUT2D eigenvalue weighted by Gasteiger charge is -2.21. The van der Waals surface area contributed by atoms with Crippen LogP contribution in [0.4, 0.5) is 0 Å². The fraction of sp³-hybridized carbons (Fsp3) is 0.0769. The second kappa shape index (κ2) is 11.8. The van der Waals surface area contributed by atoms with Crippen molar-refractivity contribution < 1.29 is 0 Å². The van der Waals surface area contributed by atoms with Gasteiger partial charge in [-0.05, 0) is 74.9 Å². The number of benzene rings is 6. The van der Waals surface area contributed by atoms with Crippen LogP contribution in [-0.4, -0.2) is 0 Å². The summed E-state index contributed by atoms with van der Waals surface area (Å²) in [6, 6.07) is 57.0. The van der Waals surface area contributed by atoms with E-state index < -0.39 is 0 Å². The third kappa shape index (κ3) is 5.92. The highest BCUT2D eigenvalue weighted by atomic mass is 14.2. The van der Waals surface area contributed by atoms with Crippen molar-refractivity contribution in [1.29, 1.82) is 0 Å². The topological polar surface area (TPSA) is 0 Å². The predicted molar refractivity (Wildman–Crippen MR) is 165 cm³/mol. The molecule has 6 rings (SSSR count). The number of hydrogen-bond acceptors (Lipinski definition) is 0. The molecule has 0 unspecified atom stereocenters. The molecule has 0 amide bonds. The number of hydrogen-bond donors (Lipinski definition) is 0. The normalized spacial score (nSPS) is 10.9. The first kappa shape index (κ1) is 24.6. The molecule has 0 bridgehead atoms. The zero-order valence-corrected chi connectivity index (χ0v) is 22.1. The fourth-order valence-electron chi connectivity index (χ4n) is 5.49. The molecule has 0 aliphatic rings. The second-order valence-electron chi connectivity index (χ2n) is 10.2. The minimum absolute atomic E-state index is 0.904. The lowest BCUT2D eigenvalue weighted by Crippen LogP contribution is -2.06. The van der Waals surface area contributed by atoms with E-state index in [-0.39, 0.29) is 0 Å². The maximum absolute atomic E-state index is 2.36. The average molecular weight is 501 g/mol. The summed E-state index contributed by atoms with van der Waals surface area (Å²) in [5, 5.41) is 0. The summed E-state index contributed by atoms with van der Waals surface area (Å²) in [5.74, 6) is 0. The Morgan fingerprint density at radius 1 is 0.282 bits per heavy atom. The second-order valence-corrected chi connectivity index (χ2v) is 10.2. The predicted octanol–water partition coefficient (Wildman–Crippen LogP) is 9.79. The molecule has 188 valence electrons. The largest absolute Gasteiger partial charge is 0.0622 e. The molecule has 0 radical (unpaired) electrons. The van der Waals surface area contributed by atoms with Crippen LogP contribution in [0.15, 0.2) is 158 Å². The summed E-state index contributed by atoms with van der Waals surface area (Å²) in [6.07, 6.45) is 2.75. The van der Waals surface area contributed by atoms with Gasteiger partial charge in [-0.2, -0.15) is 0 Å². The summed E-state index contributed by atoms with van der Waals surface area (Å²) in [6.45, 7) is 0. The molecule has 6 aromatic carbocycles. The van der Waals surface area contributed by atoms with Gasteiger partial charge >= 0.3 is 0 Å². The minimum Gasteiger partial charge on any atom is -0.0622 e. The molecular formula is C39H32. The van der Waals surface area contributed by atoms with E-state index in [1.165, 1.54) is 55.6 Å². The first-order valence-corrected chi connectivity index (χ1v) is 13.7. The SMILES string of the molecule is c1ccc(Cc2ccc(-c3ccc(-c4ccccc4)cc3)c(Cc3ccccc3)c2Cc2ccccc2)cc1. The van der Waals surface area contributed by atoms with Crippen LogP contribution in [0.3, 0.4) is 0 Å². The molecule has 0 saturated carbocycles. The standard InChI is InChI=1S/C39H32/c1-5-13-30(14-6-1)27-36-25-26-37(35-23-21-34(22-24-35)33-19-11-4-12-20-33)39(29-32-17-9-3-10-18-32)38(36)28-31-15-7-2-8-16-31/h1-26H,27-29H2. The van der Waals surface area contributed by atoms with Crippen LogP contribution in [0, 0.1) is 0 Å². The summed E-state index contributed by atoms with van der Waals surface area (Å²) in [4.78, 5) is 0. The minimum atomic E-state index is 0.904. The van der Waals surface area contributed by atoms with Crippen molar-refractivity contribution in [2.75, 3.05) is 0 Å². The van der Waals surface area contributed by atoms with Crippen LogP contribution in [-0.2, 0) is 19.3 Å². The fourth-order valence-corrected chi connectivity index (χ4v) is 5.49. The molecule has 0 fully saturated rings. The lowest BCUT2D eigenvalue weighted by molar-refractivity contribution is 1.04. The molecule has 0 heteroatoms. The quantitative estimate of drug-likeness (QED) is 0.195. The summed E-state index contributed by atoms with van der Waals surface area (Å²) >= 11 is 0. The maximum Gasteiger partial charge on any atom is -0.00167 e. The van der Waals surface area contributed by atoms with E-state index in [9.17, 15) is 0 Å². The molecule has 0 nitrogen and oxygen atoms in total.